The van der Waals surface area contributed by atoms with Crippen LogP contribution in [0, 0.1) is 18.3 Å². The van der Waals surface area contributed by atoms with Gasteiger partial charge in [0, 0.05) is 11.3 Å². The van der Waals surface area contributed by atoms with Crippen LogP contribution in [0.25, 0.3) is 0 Å². The molecule has 6 nitrogen and oxygen atoms in total. The third kappa shape index (κ3) is 2.20. The molecule has 3 amide bonds. The molecule has 1 aromatic carbocycles. The molecule has 1 atom stereocenters. The Morgan fingerprint density at radius 1 is 1.24 bits per heavy atom. The van der Waals surface area contributed by atoms with Crippen molar-refractivity contribution < 1.29 is 14.3 Å². The van der Waals surface area contributed by atoms with Gasteiger partial charge in [-0.1, -0.05) is 29.8 Å². The summed E-state index contributed by atoms with van der Waals surface area (Å²) < 4.78 is 5.31. The number of hydrogen-bond acceptors (Lipinski definition) is 4. The standard InChI is InChI=1S/C19H17N3O3/c1-13-2-6-16(7-3-13)22-18(24)21(17(23)19(22)11-25-12-19)15-8-4-14(10-20)5-9-15/h2-8,15H,9,11-12H2,1H3. The summed E-state index contributed by atoms with van der Waals surface area (Å²) in [5, 5.41) is 8.95. The van der Waals surface area contributed by atoms with E-state index < -0.39 is 5.54 Å². The molecular weight excluding hydrogens is 318 g/mol. The zero-order valence-corrected chi connectivity index (χ0v) is 13.8. The monoisotopic (exact) mass is 335 g/mol. The first-order chi connectivity index (χ1) is 12.1. The average molecular weight is 335 g/mol. The minimum absolute atomic E-state index is 0.206. The van der Waals surface area contributed by atoms with E-state index in [0.717, 1.165) is 5.56 Å². The lowest BCUT2D eigenvalue weighted by Crippen LogP contribution is -2.64. The molecule has 2 aliphatic heterocycles. The summed E-state index contributed by atoms with van der Waals surface area (Å²) in [4.78, 5) is 29.1. The number of rotatable bonds is 2. The molecule has 3 aliphatic rings. The van der Waals surface area contributed by atoms with Crippen molar-refractivity contribution in [3.63, 3.8) is 0 Å². The molecule has 126 valence electrons. The number of amides is 3. The van der Waals surface area contributed by atoms with E-state index in [0.29, 0.717) is 17.7 Å². The fourth-order valence-corrected chi connectivity index (χ4v) is 3.47. The number of hydrogen-bond donors (Lipinski definition) is 0. The SMILES string of the molecule is Cc1ccc(N2C(=O)N(C3C=CC(C#N)=CC3)C(=O)C23COC3)cc1. The Balaban J connectivity index is 1.70. The molecule has 2 heterocycles. The lowest BCUT2D eigenvalue weighted by atomic mass is 9.94. The molecule has 2 fully saturated rings. The zero-order chi connectivity index (χ0) is 17.6. The third-order valence-corrected chi connectivity index (χ3v) is 4.95. The summed E-state index contributed by atoms with van der Waals surface area (Å²) in [5.41, 5.74) is 1.39. The second kappa shape index (κ2) is 5.57. The number of carbonyl (C=O) groups is 2. The van der Waals surface area contributed by atoms with Gasteiger partial charge in [0.1, 0.15) is 0 Å². The predicted octanol–water partition coefficient (Wildman–Crippen LogP) is 2.31. The number of imide groups is 1. The average Bonchev–Trinajstić information content (AvgIpc) is 2.83. The van der Waals surface area contributed by atoms with Gasteiger partial charge in [0.15, 0.2) is 5.54 Å². The van der Waals surface area contributed by atoms with Crippen molar-refractivity contribution >= 4 is 17.6 Å². The van der Waals surface area contributed by atoms with Crippen molar-refractivity contribution in [1.29, 1.82) is 5.26 Å². The van der Waals surface area contributed by atoms with E-state index in [2.05, 4.69) is 6.07 Å². The summed E-state index contributed by atoms with van der Waals surface area (Å²) in [7, 11) is 0. The number of ether oxygens (including phenoxy) is 1. The van der Waals surface area contributed by atoms with Gasteiger partial charge in [0.25, 0.3) is 5.91 Å². The highest BCUT2D eigenvalue weighted by Crippen LogP contribution is 2.40. The number of urea groups is 1. The molecule has 0 radical (unpaired) electrons. The second-order valence-corrected chi connectivity index (χ2v) is 6.59. The Morgan fingerprint density at radius 2 is 1.96 bits per heavy atom. The molecule has 25 heavy (non-hydrogen) atoms. The van der Waals surface area contributed by atoms with Crippen LogP contribution in [-0.4, -0.2) is 41.6 Å². The molecule has 0 bridgehead atoms. The van der Waals surface area contributed by atoms with Gasteiger partial charge in [0.2, 0.25) is 0 Å². The van der Waals surface area contributed by atoms with Crippen LogP contribution in [0.3, 0.4) is 0 Å². The minimum Gasteiger partial charge on any atom is -0.375 e. The molecule has 2 saturated heterocycles. The first kappa shape index (κ1) is 15.6. The summed E-state index contributed by atoms with van der Waals surface area (Å²) >= 11 is 0. The zero-order valence-electron chi connectivity index (χ0n) is 13.8. The molecule has 1 aromatic rings. The van der Waals surface area contributed by atoms with Crippen LogP contribution in [0.2, 0.25) is 0 Å². The fourth-order valence-electron chi connectivity index (χ4n) is 3.47. The van der Waals surface area contributed by atoms with Crippen molar-refractivity contribution in [1.82, 2.24) is 4.90 Å². The molecule has 6 heteroatoms. The van der Waals surface area contributed by atoms with E-state index in [-0.39, 0.29) is 31.2 Å². The van der Waals surface area contributed by atoms with Gasteiger partial charge in [-0.05, 0) is 31.6 Å². The van der Waals surface area contributed by atoms with E-state index in [4.69, 9.17) is 10.00 Å². The quantitative estimate of drug-likeness (QED) is 0.778. The lowest BCUT2D eigenvalue weighted by molar-refractivity contribution is -0.146. The normalized spacial score (nSPS) is 24.3. The minimum atomic E-state index is -0.945. The van der Waals surface area contributed by atoms with Crippen LogP contribution in [-0.2, 0) is 9.53 Å². The largest absolute Gasteiger partial charge is 0.375 e. The topological polar surface area (TPSA) is 73.6 Å². The summed E-state index contributed by atoms with van der Waals surface area (Å²) in [6.45, 7) is 2.39. The maximum Gasteiger partial charge on any atom is 0.332 e. The number of anilines is 1. The first-order valence-corrected chi connectivity index (χ1v) is 8.17. The highest BCUT2D eigenvalue weighted by atomic mass is 16.5. The number of allylic oxidation sites excluding steroid dienone is 2. The van der Waals surface area contributed by atoms with Gasteiger partial charge in [-0.25, -0.2) is 4.79 Å². The molecule has 0 N–H and O–H groups in total. The first-order valence-electron chi connectivity index (χ1n) is 8.17. The van der Waals surface area contributed by atoms with E-state index in [1.165, 1.54) is 4.90 Å². The molecular formula is C19H17N3O3. The van der Waals surface area contributed by atoms with Gasteiger partial charge < -0.3 is 4.74 Å². The fraction of sp³-hybridized carbons (Fsp3) is 0.316. The van der Waals surface area contributed by atoms with Crippen molar-refractivity contribution in [3.05, 3.63) is 53.6 Å². The van der Waals surface area contributed by atoms with Crippen molar-refractivity contribution in [2.45, 2.75) is 24.9 Å². The van der Waals surface area contributed by atoms with Gasteiger partial charge >= 0.3 is 6.03 Å². The summed E-state index contributed by atoms with van der Waals surface area (Å²) in [6.07, 6.45) is 5.62. The van der Waals surface area contributed by atoms with Gasteiger partial charge in [0.05, 0.1) is 25.3 Å². The smallest absolute Gasteiger partial charge is 0.332 e. The van der Waals surface area contributed by atoms with Crippen molar-refractivity contribution in [2.24, 2.45) is 0 Å². The number of benzene rings is 1. The Morgan fingerprint density at radius 3 is 2.48 bits per heavy atom. The second-order valence-electron chi connectivity index (χ2n) is 6.59. The third-order valence-electron chi connectivity index (χ3n) is 4.95. The molecule has 4 rings (SSSR count). The van der Waals surface area contributed by atoms with Crippen molar-refractivity contribution in [3.8, 4) is 6.07 Å². The Hall–Kier alpha value is -2.91. The Labute approximate surface area is 145 Å². The summed E-state index contributed by atoms with van der Waals surface area (Å²) in [5.74, 6) is -0.229. The lowest BCUT2D eigenvalue weighted by Gasteiger charge is -2.41. The van der Waals surface area contributed by atoms with E-state index in [1.807, 2.05) is 31.2 Å². The molecule has 1 spiro atoms. The predicted molar refractivity (Wildman–Crippen MR) is 90.7 cm³/mol. The van der Waals surface area contributed by atoms with Crippen LogP contribution in [0.1, 0.15) is 12.0 Å². The van der Waals surface area contributed by atoms with E-state index >= 15 is 0 Å². The number of nitriles is 1. The Kier molecular flexibility index (Phi) is 3.48. The van der Waals surface area contributed by atoms with Gasteiger partial charge in [-0.15, -0.1) is 0 Å². The van der Waals surface area contributed by atoms with E-state index in [1.54, 1.807) is 23.1 Å². The van der Waals surface area contributed by atoms with Crippen molar-refractivity contribution in [2.75, 3.05) is 18.1 Å². The molecule has 1 aliphatic carbocycles. The Bertz CT molecular complexity index is 844. The van der Waals surface area contributed by atoms with Crippen LogP contribution < -0.4 is 4.90 Å². The van der Waals surface area contributed by atoms with E-state index in [9.17, 15) is 9.59 Å². The molecule has 0 saturated carbocycles. The van der Waals surface area contributed by atoms with Crippen LogP contribution >= 0.6 is 0 Å². The number of aryl methyl sites for hydroxylation is 1. The van der Waals surface area contributed by atoms with Crippen LogP contribution in [0.5, 0.6) is 0 Å². The van der Waals surface area contributed by atoms with Gasteiger partial charge in [-0.3, -0.25) is 14.6 Å². The summed E-state index contributed by atoms with van der Waals surface area (Å²) in [6, 6.07) is 8.92. The maximum absolute atomic E-state index is 13.1. The highest BCUT2D eigenvalue weighted by molar-refractivity contribution is 6.18. The number of nitrogens with zero attached hydrogens (tertiary/aromatic N) is 3. The number of carbonyl (C=O) groups excluding carboxylic acids is 2. The van der Waals surface area contributed by atoms with Crippen LogP contribution in [0.15, 0.2) is 48.1 Å². The maximum atomic E-state index is 13.1. The molecule has 1 unspecified atom stereocenters. The highest BCUT2D eigenvalue weighted by Gasteiger charge is 2.63. The van der Waals surface area contributed by atoms with Gasteiger partial charge in [-0.2, -0.15) is 5.26 Å². The molecule has 0 aromatic heterocycles. The van der Waals surface area contributed by atoms with Crippen LogP contribution in [0.4, 0.5) is 10.5 Å².